The largest absolute Gasteiger partial charge is 0.486 e. The van der Waals surface area contributed by atoms with Crippen LogP contribution in [-0.4, -0.2) is 4.98 Å². The smallest absolute Gasteiger partial charge is 0.121 e. The van der Waals surface area contributed by atoms with E-state index in [9.17, 15) is 0 Å². The van der Waals surface area contributed by atoms with Crippen molar-refractivity contribution in [2.24, 2.45) is 0 Å². The molecule has 0 amide bonds. The van der Waals surface area contributed by atoms with E-state index in [0.717, 1.165) is 11.3 Å². The summed E-state index contributed by atoms with van der Waals surface area (Å²) in [5.41, 5.74) is 2.34. The Labute approximate surface area is 95.9 Å². The van der Waals surface area contributed by atoms with Crippen molar-refractivity contribution >= 4 is 0 Å². The molecule has 0 bridgehead atoms. The molecular weight excluding hydrogens is 198 g/mol. The van der Waals surface area contributed by atoms with Crippen molar-refractivity contribution in [2.45, 2.75) is 20.0 Å². The minimum absolute atomic E-state index is 0.0461. The standard InChI is InChI=1S/C14H15NO/c1-11-4-3-5-14(10-11)16-12(2)13-6-8-15-9-7-13/h3-10,12H,1-2H3. The van der Waals surface area contributed by atoms with E-state index in [1.54, 1.807) is 12.4 Å². The van der Waals surface area contributed by atoms with Gasteiger partial charge in [0, 0.05) is 12.4 Å². The second kappa shape index (κ2) is 4.79. The molecule has 0 aliphatic heterocycles. The summed E-state index contributed by atoms with van der Waals surface area (Å²) in [6, 6.07) is 12.0. The zero-order valence-corrected chi connectivity index (χ0v) is 9.55. The summed E-state index contributed by atoms with van der Waals surface area (Å²) in [5, 5.41) is 0. The third kappa shape index (κ3) is 2.60. The first-order valence-electron chi connectivity index (χ1n) is 5.39. The molecule has 0 radical (unpaired) electrons. The quantitative estimate of drug-likeness (QED) is 0.778. The Hall–Kier alpha value is -1.83. The molecule has 2 rings (SSSR count). The maximum absolute atomic E-state index is 5.85. The molecule has 0 saturated heterocycles. The summed E-state index contributed by atoms with van der Waals surface area (Å²) in [7, 11) is 0. The van der Waals surface area contributed by atoms with Crippen molar-refractivity contribution in [1.82, 2.24) is 4.98 Å². The van der Waals surface area contributed by atoms with Crippen molar-refractivity contribution in [3.8, 4) is 5.75 Å². The van der Waals surface area contributed by atoms with Crippen molar-refractivity contribution in [3.05, 3.63) is 59.9 Å². The minimum Gasteiger partial charge on any atom is -0.486 e. The molecule has 1 heterocycles. The Morgan fingerprint density at radius 1 is 1.12 bits per heavy atom. The number of aryl methyl sites for hydroxylation is 1. The molecule has 1 aromatic carbocycles. The van der Waals surface area contributed by atoms with E-state index >= 15 is 0 Å². The molecule has 2 aromatic rings. The highest BCUT2D eigenvalue weighted by atomic mass is 16.5. The normalized spacial score (nSPS) is 12.1. The van der Waals surface area contributed by atoms with Crippen molar-refractivity contribution in [2.75, 3.05) is 0 Å². The highest BCUT2D eigenvalue weighted by Gasteiger charge is 2.06. The van der Waals surface area contributed by atoms with Gasteiger partial charge in [0.2, 0.25) is 0 Å². The van der Waals surface area contributed by atoms with Crippen LogP contribution in [0, 0.1) is 6.92 Å². The van der Waals surface area contributed by atoms with E-state index in [-0.39, 0.29) is 6.10 Å². The molecule has 0 aliphatic carbocycles. The van der Waals surface area contributed by atoms with Gasteiger partial charge >= 0.3 is 0 Å². The molecule has 0 spiro atoms. The van der Waals surface area contributed by atoms with Gasteiger partial charge in [-0.25, -0.2) is 0 Å². The van der Waals surface area contributed by atoms with Crippen LogP contribution < -0.4 is 4.74 Å². The van der Waals surface area contributed by atoms with Gasteiger partial charge < -0.3 is 4.74 Å². The second-order valence-corrected chi connectivity index (χ2v) is 3.86. The van der Waals surface area contributed by atoms with Crippen LogP contribution in [0.2, 0.25) is 0 Å². The first kappa shape index (κ1) is 10.7. The molecule has 0 aliphatic rings. The fourth-order valence-corrected chi connectivity index (χ4v) is 1.60. The predicted molar refractivity (Wildman–Crippen MR) is 64.5 cm³/mol. The van der Waals surface area contributed by atoms with Crippen molar-refractivity contribution in [1.29, 1.82) is 0 Å². The van der Waals surface area contributed by atoms with Crippen LogP contribution in [-0.2, 0) is 0 Å². The molecule has 1 aromatic heterocycles. The number of pyridine rings is 1. The van der Waals surface area contributed by atoms with Gasteiger partial charge in [0.15, 0.2) is 0 Å². The van der Waals surface area contributed by atoms with Gasteiger partial charge in [-0.05, 0) is 49.2 Å². The first-order valence-corrected chi connectivity index (χ1v) is 5.39. The lowest BCUT2D eigenvalue weighted by molar-refractivity contribution is 0.226. The van der Waals surface area contributed by atoms with Crippen LogP contribution in [0.1, 0.15) is 24.2 Å². The third-order valence-electron chi connectivity index (χ3n) is 2.48. The van der Waals surface area contributed by atoms with Gasteiger partial charge in [-0.2, -0.15) is 0 Å². The fraction of sp³-hybridized carbons (Fsp3) is 0.214. The predicted octanol–water partition coefficient (Wildman–Crippen LogP) is 3.53. The number of ether oxygens (including phenoxy) is 1. The molecule has 2 heteroatoms. The molecule has 2 nitrogen and oxygen atoms in total. The van der Waals surface area contributed by atoms with Gasteiger partial charge in [0.05, 0.1) is 0 Å². The van der Waals surface area contributed by atoms with Gasteiger partial charge in [-0.15, -0.1) is 0 Å². The van der Waals surface area contributed by atoms with Gasteiger partial charge in [-0.3, -0.25) is 4.98 Å². The zero-order chi connectivity index (χ0) is 11.4. The van der Waals surface area contributed by atoms with E-state index in [1.165, 1.54) is 5.56 Å². The molecule has 1 unspecified atom stereocenters. The average molecular weight is 213 g/mol. The molecule has 0 saturated carbocycles. The molecule has 1 atom stereocenters. The van der Waals surface area contributed by atoms with Crippen molar-refractivity contribution < 1.29 is 4.74 Å². The van der Waals surface area contributed by atoms with Crippen molar-refractivity contribution in [3.63, 3.8) is 0 Å². The summed E-state index contributed by atoms with van der Waals surface area (Å²) in [5.74, 6) is 0.907. The monoisotopic (exact) mass is 213 g/mol. The number of hydrogen-bond acceptors (Lipinski definition) is 2. The topological polar surface area (TPSA) is 22.1 Å². The van der Waals surface area contributed by atoms with Crippen LogP contribution in [0.15, 0.2) is 48.8 Å². The third-order valence-corrected chi connectivity index (χ3v) is 2.48. The molecular formula is C14H15NO. The lowest BCUT2D eigenvalue weighted by Gasteiger charge is -2.15. The summed E-state index contributed by atoms with van der Waals surface area (Å²) in [6.45, 7) is 4.10. The van der Waals surface area contributed by atoms with Crippen LogP contribution in [0.5, 0.6) is 5.75 Å². The van der Waals surface area contributed by atoms with E-state index in [4.69, 9.17) is 4.74 Å². The second-order valence-electron chi connectivity index (χ2n) is 3.86. The Balaban J connectivity index is 2.11. The fourth-order valence-electron chi connectivity index (χ4n) is 1.60. The number of hydrogen-bond donors (Lipinski definition) is 0. The molecule has 0 N–H and O–H groups in total. The highest BCUT2D eigenvalue weighted by molar-refractivity contribution is 5.28. The molecule has 16 heavy (non-hydrogen) atoms. The number of rotatable bonds is 3. The summed E-state index contributed by atoms with van der Waals surface area (Å²) in [4.78, 5) is 3.99. The minimum atomic E-state index is 0.0461. The van der Waals surface area contributed by atoms with Crippen LogP contribution >= 0.6 is 0 Å². The number of aromatic nitrogens is 1. The summed E-state index contributed by atoms with van der Waals surface area (Å²) < 4.78 is 5.85. The first-order chi connectivity index (χ1) is 7.75. The van der Waals surface area contributed by atoms with E-state index in [0.29, 0.717) is 0 Å². The Kier molecular flexibility index (Phi) is 3.20. The maximum atomic E-state index is 5.85. The van der Waals surface area contributed by atoms with E-state index < -0.39 is 0 Å². The lowest BCUT2D eigenvalue weighted by Crippen LogP contribution is -2.02. The van der Waals surface area contributed by atoms with Gasteiger partial charge in [0.1, 0.15) is 11.9 Å². The van der Waals surface area contributed by atoms with Crippen LogP contribution in [0.25, 0.3) is 0 Å². The Morgan fingerprint density at radius 2 is 1.88 bits per heavy atom. The Morgan fingerprint density at radius 3 is 2.56 bits per heavy atom. The molecule has 0 fully saturated rings. The summed E-state index contributed by atoms with van der Waals surface area (Å²) in [6.07, 6.45) is 3.61. The lowest BCUT2D eigenvalue weighted by atomic mass is 10.2. The van der Waals surface area contributed by atoms with Gasteiger partial charge in [-0.1, -0.05) is 12.1 Å². The highest BCUT2D eigenvalue weighted by Crippen LogP contribution is 2.21. The number of nitrogens with zero attached hydrogens (tertiary/aromatic N) is 1. The van der Waals surface area contributed by atoms with Gasteiger partial charge in [0.25, 0.3) is 0 Å². The average Bonchev–Trinajstić information content (AvgIpc) is 2.30. The van der Waals surface area contributed by atoms with E-state index in [2.05, 4.69) is 18.0 Å². The van der Waals surface area contributed by atoms with E-state index in [1.807, 2.05) is 37.3 Å². The zero-order valence-electron chi connectivity index (χ0n) is 9.55. The summed E-state index contributed by atoms with van der Waals surface area (Å²) >= 11 is 0. The number of benzene rings is 1. The Bertz CT molecular complexity index is 453. The van der Waals surface area contributed by atoms with Crippen LogP contribution in [0.4, 0.5) is 0 Å². The SMILES string of the molecule is Cc1cccc(OC(C)c2ccncc2)c1. The maximum Gasteiger partial charge on any atom is 0.121 e. The van der Waals surface area contributed by atoms with Crippen LogP contribution in [0.3, 0.4) is 0 Å². The molecule has 82 valence electrons.